The van der Waals surface area contributed by atoms with Crippen LogP contribution in [-0.4, -0.2) is 54.2 Å². The Labute approximate surface area is 124 Å². The number of piperidine rings is 1. The average molecular weight is 300 g/mol. The molecule has 120 valence electrons. The van der Waals surface area contributed by atoms with Crippen LogP contribution in [0.4, 0.5) is 4.79 Å². The van der Waals surface area contributed by atoms with Gasteiger partial charge in [0.1, 0.15) is 0 Å². The van der Waals surface area contributed by atoms with Crippen molar-refractivity contribution < 1.29 is 24.2 Å². The highest BCUT2D eigenvalue weighted by Gasteiger charge is 2.28. The number of amides is 2. The minimum absolute atomic E-state index is 0.0329. The summed E-state index contributed by atoms with van der Waals surface area (Å²) in [5.41, 5.74) is 0. The summed E-state index contributed by atoms with van der Waals surface area (Å²) in [5, 5.41) is 11.4. The first-order chi connectivity index (χ1) is 9.93. The van der Waals surface area contributed by atoms with Crippen LogP contribution in [0.2, 0.25) is 0 Å². The number of nitrogens with one attached hydrogen (secondary N) is 1. The number of urea groups is 1. The molecule has 1 fully saturated rings. The Morgan fingerprint density at radius 1 is 1.33 bits per heavy atom. The molecule has 0 radical (unpaired) electrons. The van der Waals surface area contributed by atoms with Gasteiger partial charge in [-0.1, -0.05) is 6.92 Å². The Morgan fingerprint density at radius 2 is 1.95 bits per heavy atom. The molecule has 1 unspecified atom stereocenters. The van der Waals surface area contributed by atoms with Crippen molar-refractivity contribution in [3.63, 3.8) is 0 Å². The summed E-state index contributed by atoms with van der Waals surface area (Å²) >= 11 is 0. The van der Waals surface area contributed by atoms with Gasteiger partial charge < -0.3 is 20.1 Å². The molecule has 1 heterocycles. The van der Waals surface area contributed by atoms with Gasteiger partial charge in [-0.25, -0.2) is 4.79 Å². The van der Waals surface area contributed by atoms with Crippen LogP contribution in [0.25, 0.3) is 0 Å². The van der Waals surface area contributed by atoms with Crippen LogP contribution in [-0.2, 0) is 14.3 Å². The van der Waals surface area contributed by atoms with Gasteiger partial charge in [0.2, 0.25) is 0 Å². The lowest BCUT2D eigenvalue weighted by Crippen LogP contribution is -2.46. The van der Waals surface area contributed by atoms with E-state index in [2.05, 4.69) is 5.32 Å². The zero-order chi connectivity index (χ0) is 15.8. The lowest BCUT2D eigenvalue weighted by atomic mass is 9.97. The topological polar surface area (TPSA) is 95.9 Å². The van der Waals surface area contributed by atoms with Crippen LogP contribution in [0.1, 0.15) is 33.1 Å². The normalized spacial score (nSPS) is 17.1. The van der Waals surface area contributed by atoms with Gasteiger partial charge in [0.15, 0.2) is 0 Å². The van der Waals surface area contributed by atoms with Crippen LogP contribution in [0.5, 0.6) is 0 Å². The van der Waals surface area contributed by atoms with Gasteiger partial charge in [-0.15, -0.1) is 0 Å². The SMILES string of the molecule is CCOC(=O)C1CCN(C(=O)NCC(C)CC(=O)O)CC1. The summed E-state index contributed by atoms with van der Waals surface area (Å²) < 4.78 is 4.98. The predicted molar refractivity (Wildman–Crippen MR) is 75.7 cm³/mol. The first kappa shape index (κ1) is 17.3. The molecule has 0 aromatic heterocycles. The van der Waals surface area contributed by atoms with E-state index < -0.39 is 5.97 Å². The number of carbonyl (C=O) groups is 3. The molecule has 1 rings (SSSR count). The van der Waals surface area contributed by atoms with E-state index in [1.54, 1.807) is 18.7 Å². The summed E-state index contributed by atoms with van der Waals surface area (Å²) in [6.07, 6.45) is 1.25. The van der Waals surface area contributed by atoms with Gasteiger partial charge in [0.25, 0.3) is 0 Å². The number of aliphatic carboxylic acids is 1. The van der Waals surface area contributed by atoms with Gasteiger partial charge in [0, 0.05) is 26.1 Å². The molecule has 7 heteroatoms. The van der Waals surface area contributed by atoms with Crippen molar-refractivity contribution in [2.45, 2.75) is 33.1 Å². The van der Waals surface area contributed by atoms with Gasteiger partial charge in [-0.3, -0.25) is 9.59 Å². The molecule has 0 bridgehead atoms. The third-order valence-electron chi connectivity index (χ3n) is 3.53. The van der Waals surface area contributed by atoms with Crippen molar-refractivity contribution in [3.8, 4) is 0 Å². The molecule has 1 atom stereocenters. The molecular formula is C14H24N2O5. The van der Waals surface area contributed by atoms with Gasteiger partial charge in [-0.05, 0) is 25.7 Å². The van der Waals surface area contributed by atoms with Crippen molar-refractivity contribution in [2.75, 3.05) is 26.2 Å². The van der Waals surface area contributed by atoms with Crippen molar-refractivity contribution in [3.05, 3.63) is 0 Å². The molecular weight excluding hydrogens is 276 g/mol. The van der Waals surface area contributed by atoms with E-state index in [9.17, 15) is 14.4 Å². The van der Waals surface area contributed by atoms with Crippen LogP contribution >= 0.6 is 0 Å². The fraction of sp³-hybridized carbons (Fsp3) is 0.786. The summed E-state index contributed by atoms with van der Waals surface area (Å²) in [5.74, 6) is -1.29. The monoisotopic (exact) mass is 300 g/mol. The highest BCUT2D eigenvalue weighted by molar-refractivity contribution is 5.76. The molecule has 1 aliphatic heterocycles. The summed E-state index contributed by atoms with van der Waals surface area (Å²) in [6.45, 7) is 5.30. The first-order valence-corrected chi connectivity index (χ1v) is 7.35. The van der Waals surface area contributed by atoms with E-state index in [1.807, 2.05) is 0 Å². The third-order valence-corrected chi connectivity index (χ3v) is 3.53. The molecule has 7 nitrogen and oxygen atoms in total. The fourth-order valence-electron chi connectivity index (χ4n) is 2.32. The lowest BCUT2D eigenvalue weighted by molar-refractivity contribution is -0.149. The number of carboxylic acids is 1. The van der Waals surface area contributed by atoms with Gasteiger partial charge in [0.05, 0.1) is 12.5 Å². The zero-order valence-electron chi connectivity index (χ0n) is 12.6. The molecule has 0 saturated carbocycles. The highest BCUT2D eigenvalue weighted by atomic mass is 16.5. The highest BCUT2D eigenvalue weighted by Crippen LogP contribution is 2.18. The second-order valence-electron chi connectivity index (χ2n) is 5.40. The standard InChI is InChI=1S/C14H24N2O5/c1-3-21-13(19)11-4-6-16(7-5-11)14(20)15-9-10(2)8-12(17)18/h10-11H,3-9H2,1-2H3,(H,15,20)(H,17,18). The quantitative estimate of drug-likeness (QED) is 0.716. The van der Waals surface area contributed by atoms with Crippen molar-refractivity contribution in [1.29, 1.82) is 0 Å². The minimum atomic E-state index is -0.869. The maximum absolute atomic E-state index is 11.9. The fourth-order valence-corrected chi connectivity index (χ4v) is 2.32. The molecule has 21 heavy (non-hydrogen) atoms. The van der Waals surface area contributed by atoms with Crippen LogP contribution in [0.15, 0.2) is 0 Å². The van der Waals surface area contributed by atoms with Crippen molar-refractivity contribution in [2.24, 2.45) is 11.8 Å². The van der Waals surface area contributed by atoms with E-state index in [0.717, 1.165) is 0 Å². The number of hydrogen-bond donors (Lipinski definition) is 2. The second kappa shape index (κ2) is 8.49. The van der Waals surface area contributed by atoms with E-state index >= 15 is 0 Å². The average Bonchev–Trinajstić information content (AvgIpc) is 2.44. The number of nitrogens with zero attached hydrogens (tertiary/aromatic N) is 1. The van der Waals surface area contributed by atoms with Crippen LogP contribution in [0.3, 0.4) is 0 Å². The number of likely N-dealkylation sites (tertiary alicyclic amines) is 1. The van der Waals surface area contributed by atoms with Crippen molar-refractivity contribution in [1.82, 2.24) is 10.2 Å². The van der Waals surface area contributed by atoms with Gasteiger partial charge >= 0.3 is 18.0 Å². The smallest absolute Gasteiger partial charge is 0.317 e. The molecule has 0 aromatic rings. The molecule has 0 aromatic carbocycles. The largest absolute Gasteiger partial charge is 0.481 e. The molecule has 1 saturated heterocycles. The molecule has 2 amide bonds. The maximum atomic E-state index is 11.9. The minimum Gasteiger partial charge on any atom is -0.481 e. The number of rotatable bonds is 6. The second-order valence-corrected chi connectivity index (χ2v) is 5.40. The van der Waals surface area contributed by atoms with Gasteiger partial charge in [-0.2, -0.15) is 0 Å². The Balaban J connectivity index is 2.28. The van der Waals surface area contributed by atoms with E-state index in [4.69, 9.17) is 9.84 Å². The number of hydrogen-bond acceptors (Lipinski definition) is 4. The Kier molecular flexibility index (Phi) is 6.98. The Hall–Kier alpha value is -1.79. The number of ether oxygens (including phenoxy) is 1. The van der Waals surface area contributed by atoms with Crippen LogP contribution < -0.4 is 5.32 Å². The Morgan fingerprint density at radius 3 is 2.48 bits per heavy atom. The predicted octanol–water partition coefficient (Wildman–Crippen LogP) is 1.08. The first-order valence-electron chi connectivity index (χ1n) is 7.35. The molecule has 0 spiro atoms. The molecule has 2 N–H and O–H groups in total. The lowest BCUT2D eigenvalue weighted by Gasteiger charge is -2.31. The maximum Gasteiger partial charge on any atom is 0.317 e. The summed E-state index contributed by atoms with van der Waals surface area (Å²) in [4.78, 5) is 35.7. The van der Waals surface area contributed by atoms with Crippen molar-refractivity contribution >= 4 is 18.0 Å². The number of carboxylic acid groups (broad SMARTS) is 1. The third kappa shape index (κ3) is 6.01. The zero-order valence-corrected chi connectivity index (χ0v) is 12.6. The number of esters is 1. The summed E-state index contributed by atoms with van der Waals surface area (Å²) in [7, 11) is 0. The molecule has 1 aliphatic rings. The Bertz CT molecular complexity index is 378. The van der Waals surface area contributed by atoms with E-state index in [0.29, 0.717) is 39.1 Å². The summed E-state index contributed by atoms with van der Waals surface area (Å²) in [6, 6.07) is -0.199. The number of carbonyl (C=O) groups excluding carboxylic acids is 2. The van der Waals surface area contributed by atoms with E-state index in [1.165, 1.54) is 0 Å². The van der Waals surface area contributed by atoms with E-state index in [-0.39, 0.29) is 30.3 Å². The van der Waals surface area contributed by atoms with Crippen LogP contribution in [0, 0.1) is 11.8 Å². The molecule has 0 aliphatic carbocycles.